The Kier molecular flexibility index (Phi) is 7.44. The van der Waals surface area contributed by atoms with Crippen LogP contribution in [0.25, 0.3) is 0 Å². The lowest BCUT2D eigenvalue weighted by atomic mass is 10.2. The molecule has 0 atom stereocenters. The van der Waals surface area contributed by atoms with E-state index in [0.29, 0.717) is 18.8 Å². The van der Waals surface area contributed by atoms with Gasteiger partial charge in [0.1, 0.15) is 11.6 Å². The molecular weight excluding hydrogens is 501 g/mol. The maximum atomic E-state index is 14.7. The molecular formula is C23H20Cl2F2N6O2. The van der Waals surface area contributed by atoms with Gasteiger partial charge in [-0.25, -0.2) is 18.7 Å². The highest BCUT2D eigenvalue weighted by atomic mass is 35.5. The molecule has 1 aliphatic heterocycles. The number of carbonyl (C=O) groups is 2. The molecule has 1 fully saturated rings. The van der Waals surface area contributed by atoms with Crippen LogP contribution in [0.2, 0.25) is 10.0 Å². The summed E-state index contributed by atoms with van der Waals surface area (Å²) in [5, 5.41) is 4.61. The molecule has 0 aliphatic carbocycles. The third kappa shape index (κ3) is 5.67. The van der Waals surface area contributed by atoms with Gasteiger partial charge in [-0.05, 0) is 37.4 Å². The van der Waals surface area contributed by atoms with Crippen molar-refractivity contribution in [3.63, 3.8) is 0 Å². The van der Waals surface area contributed by atoms with Crippen LogP contribution in [0.4, 0.5) is 25.8 Å². The number of hydrogen-bond donors (Lipinski definition) is 2. The topological polar surface area (TPSA) is 90.5 Å². The normalized spacial score (nSPS) is 14.0. The van der Waals surface area contributed by atoms with Gasteiger partial charge in [-0.15, -0.1) is 0 Å². The van der Waals surface area contributed by atoms with Gasteiger partial charge in [-0.2, -0.15) is 0 Å². The zero-order valence-electron chi connectivity index (χ0n) is 18.5. The Morgan fingerprint density at radius 3 is 2.37 bits per heavy atom. The second-order valence-corrected chi connectivity index (χ2v) is 8.67. The monoisotopic (exact) mass is 520 g/mol. The lowest BCUT2D eigenvalue weighted by Gasteiger charge is -2.34. The number of likely N-dealkylation sites (N-methyl/N-ethyl adjacent to an activating group) is 1. The molecule has 0 unspecified atom stereocenters. The SMILES string of the molecule is CN1CCN(c2ccc(NC(=O)c3ncc(Cl)c(C(=O)Nc4c(F)cccc4Cl)n3)cc2F)CC1. The molecule has 2 N–H and O–H groups in total. The Labute approximate surface area is 209 Å². The average molecular weight is 521 g/mol. The highest BCUT2D eigenvalue weighted by Crippen LogP contribution is 2.26. The maximum absolute atomic E-state index is 14.7. The number of halogens is 4. The van der Waals surface area contributed by atoms with E-state index in [2.05, 4.69) is 25.5 Å². The third-order valence-electron chi connectivity index (χ3n) is 5.41. The van der Waals surface area contributed by atoms with E-state index in [9.17, 15) is 18.4 Å². The van der Waals surface area contributed by atoms with Gasteiger partial charge < -0.3 is 20.4 Å². The maximum Gasteiger partial charge on any atom is 0.293 e. The number of nitrogens with one attached hydrogen (secondary N) is 2. The summed E-state index contributed by atoms with van der Waals surface area (Å²) in [7, 11) is 2.01. The van der Waals surface area contributed by atoms with E-state index >= 15 is 0 Å². The van der Waals surface area contributed by atoms with Crippen LogP contribution >= 0.6 is 23.2 Å². The predicted octanol–water partition coefficient (Wildman–Crippen LogP) is 4.32. The van der Waals surface area contributed by atoms with E-state index in [1.807, 2.05) is 11.9 Å². The van der Waals surface area contributed by atoms with Gasteiger partial charge in [-0.1, -0.05) is 29.3 Å². The first-order chi connectivity index (χ1) is 16.7. The molecule has 2 heterocycles. The number of aromatic nitrogens is 2. The summed E-state index contributed by atoms with van der Waals surface area (Å²) in [6, 6.07) is 8.27. The van der Waals surface area contributed by atoms with Crippen molar-refractivity contribution in [2.45, 2.75) is 0 Å². The highest BCUT2D eigenvalue weighted by molar-refractivity contribution is 6.35. The van der Waals surface area contributed by atoms with Crippen molar-refractivity contribution >= 4 is 52.1 Å². The van der Waals surface area contributed by atoms with E-state index in [1.165, 1.54) is 18.2 Å². The second-order valence-electron chi connectivity index (χ2n) is 7.85. The number of carbonyl (C=O) groups excluding carboxylic acids is 2. The Morgan fingerprint density at radius 1 is 0.943 bits per heavy atom. The van der Waals surface area contributed by atoms with Crippen LogP contribution < -0.4 is 15.5 Å². The fraction of sp³-hybridized carbons (Fsp3) is 0.217. The Hall–Kier alpha value is -3.34. The number of para-hydroxylation sites is 1. The van der Waals surface area contributed by atoms with Gasteiger partial charge in [0.15, 0.2) is 5.69 Å². The van der Waals surface area contributed by atoms with Crippen molar-refractivity contribution in [2.24, 2.45) is 0 Å². The van der Waals surface area contributed by atoms with Crippen LogP contribution in [0.15, 0.2) is 42.6 Å². The molecule has 3 aromatic rings. The molecule has 12 heteroatoms. The Morgan fingerprint density at radius 2 is 1.69 bits per heavy atom. The fourth-order valence-corrected chi connectivity index (χ4v) is 3.89. The van der Waals surface area contributed by atoms with Gasteiger partial charge in [-0.3, -0.25) is 9.59 Å². The van der Waals surface area contributed by atoms with Gasteiger partial charge in [0.2, 0.25) is 5.82 Å². The molecule has 0 bridgehead atoms. The predicted molar refractivity (Wildman–Crippen MR) is 130 cm³/mol. The van der Waals surface area contributed by atoms with Crippen molar-refractivity contribution in [2.75, 3.05) is 48.8 Å². The summed E-state index contributed by atoms with van der Waals surface area (Å²) in [5.74, 6) is -3.29. The first-order valence-electron chi connectivity index (χ1n) is 10.5. The van der Waals surface area contributed by atoms with Crippen molar-refractivity contribution < 1.29 is 18.4 Å². The van der Waals surface area contributed by atoms with Crippen LogP contribution in [-0.4, -0.2) is 59.9 Å². The minimum Gasteiger partial charge on any atom is -0.367 e. The second kappa shape index (κ2) is 10.5. The summed E-state index contributed by atoms with van der Waals surface area (Å²) in [5.41, 5.74) is 0.0242. The molecule has 1 saturated heterocycles. The Bertz CT molecular complexity index is 1260. The third-order valence-corrected chi connectivity index (χ3v) is 6.00. The van der Waals surface area contributed by atoms with Crippen molar-refractivity contribution in [3.05, 3.63) is 75.8 Å². The zero-order chi connectivity index (χ0) is 25.1. The van der Waals surface area contributed by atoms with Crippen molar-refractivity contribution in [3.8, 4) is 0 Å². The van der Waals surface area contributed by atoms with Gasteiger partial charge >= 0.3 is 0 Å². The number of rotatable bonds is 5. The van der Waals surface area contributed by atoms with E-state index in [0.717, 1.165) is 25.4 Å². The van der Waals surface area contributed by atoms with E-state index in [-0.39, 0.29) is 32.9 Å². The lowest BCUT2D eigenvalue weighted by Crippen LogP contribution is -2.44. The number of piperazine rings is 1. The summed E-state index contributed by atoms with van der Waals surface area (Å²) >= 11 is 12.0. The Balaban J connectivity index is 1.49. The molecule has 1 aliphatic rings. The molecule has 8 nitrogen and oxygen atoms in total. The number of anilines is 3. The molecule has 35 heavy (non-hydrogen) atoms. The average Bonchev–Trinajstić information content (AvgIpc) is 2.82. The molecule has 1 aromatic heterocycles. The highest BCUT2D eigenvalue weighted by Gasteiger charge is 2.21. The van der Waals surface area contributed by atoms with Gasteiger partial charge in [0, 0.05) is 31.9 Å². The standard InChI is InChI=1S/C23H20Cl2F2N6O2/c1-32-7-9-33(10-8-32)18-6-5-13(11-17(18)27)29-23(35)21-28-12-15(25)20(30-21)22(34)31-19-14(24)3-2-4-16(19)26/h2-6,11-12H,7-10H2,1H3,(H,29,35)(H,31,34). The molecule has 2 amide bonds. The number of amides is 2. The summed E-state index contributed by atoms with van der Waals surface area (Å²) in [4.78, 5) is 37.1. The molecule has 4 rings (SSSR count). The number of nitrogens with zero attached hydrogens (tertiary/aromatic N) is 4. The van der Waals surface area contributed by atoms with Crippen molar-refractivity contribution in [1.82, 2.24) is 14.9 Å². The van der Waals surface area contributed by atoms with Crippen LogP contribution in [0, 0.1) is 11.6 Å². The fourth-order valence-electron chi connectivity index (χ4n) is 3.50. The van der Waals surface area contributed by atoms with Gasteiger partial charge in [0.05, 0.1) is 27.6 Å². The summed E-state index contributed by atoms with van der Waals surface area (Å²) < 4.78 is 28.7. The van der Waals surface area contributed by atoms with Crippen LogP contribution in [-0.2, 0) is 0 Å². The largest absolute Gasteiger partial charge is 0.367 e. The first kappa shape index (κ1) is 24.8. The minimum absolute atomic E-state index is 0.0245. The molecule has 2 aromatic carbocycles. The van der Waals surface area contributed by atoms with Crippen LogP contribution in [0.1, 0.15) is 21.1 Å². The molecule has 0 radical (unpaired) electrons. The van der Waals surface area contributed by atoms with Crippen molar-refractivity contribution in [1.29, 1.82) is 0 Å². The molecule has 0 spiro atoms. The lowest BCUT2D eigenvalue weighted by molar-refractivity contribution is 0.101. The van der Waals surface area contributed by atoms with Gasteiger partial charge in [0.25, 0.3) is 11.8 Å². The van der Waals surface area contributed by atoms with Crippen LogP contribution in [0.5, 0.6) is 0 Å². The van der Waals surface area contributed by atoms with E-state index < -0.39 is 23.4 Å². The molecule has 182 valence electrons. The first-order valence-corrected chi connectivity index (χ1v) is 11.3. The minimum atomic E-state index is -0.888. The zero-order valence-corrected chi connectivity index (χ0v) is 20.0. The summed E-state index contributed by atoms with van der Waals surface area (Å²) in [6.45, 7) is 3.04. The smallest absolute Gasteiger partial charge is 0.293 e. The number of hydrogen-bond acceptors (Lipinski definition) is 6. The van der Waals surface area contributed by atoms with E-state index in [4.69, 9.17) is 23.2 Å². The van der Waals surface area contributed by atoms with Crippen LogP contribution in [0.3, 0.4) is 0 Å². The molecule has 0 saturated carbocycles. The quantitative estimate of drug-likeness (QED) is 0.520. The number of benzene rings is 2. The van der Waals surface area contributed by atoms with E-state index in [1.54, 1.807) is 12.1 Å². The summed E-state index contributed by atoms with van der Waals surface area (Å²) in [6.07, 6.45) is 1.07.